The molecule has 0 bridgehead atoms. The molecule has 0 aromatic carbocycles. The Morgan fingerprint density at radius 2 is 2.20 bits per heavy atom. The Balaban J connectivity index is 1.76. The molecule has 0 saturated carbocycles. The van der Waals surface area contributed by atoms with Crippen LogP contribution in [0.3, 0.4) is 0 Å². The second kappa shape index (κ2) is 6.92. The first-order valence-corrected chi connectivity index (χ1v) is 8.64. The fourth-order valence-electron chi connectivity index (χ4n) is 3.12. The number of nitrogens with zero attached hydrogens (tertiary/aromatic N) is 4. The number of ether oxygens (including phenoxy) is 1. The largest absolute Gasteiger partial charge is 0.444 e. The lowest BCUT2D eigenvalue weighted by molar-refractivity contribution is 0.00187. The van der Waals surface area contributed by atoms with Crippen LogP contribution in [0.15, 0.2) is 30.7 Å². The second-order valence-electron chi connectivity index (χ2n) is 7.56. The molecule has 25 heavy (non-hydrogen) atoms. The minimum absolute atomic E-state index is 0.0956. The van der Waals surface area contributed by atoms with Crippen LogP contribution >= 0.6 is 0 Å². The summed E-state index contributed by atoms with van der Waals surface area (Å²) in [5, 5.41) is 4.30. The van der Waals surface area contributed by atoms with E-state index in [1.165, 1.54) is 5.69 Å². The van der Waals surface area contributed by atoms with Crippen molar-refractivity contribution in [3.63, 3.8) is 0 Å². The van der Waals surface area contributed by atoms with E-state index in [9.17, 15) is 4.79 Å². The van der Waals surface area contributed by atoms with E-state index >= 15 is 0 Å². The Bertz CT molecular complexity index is 701. The number of amides is 1. The topological polar surface area (TPSA) is 66.4 Å². The number of hydrogen-bond acceptors (Lipinski definition) is 4. The molecule has 1 N–H and O–H groups in total. The molecular formula is C18H27N5O2. The van der Waals surface area contributed by atoms with Gasteiger partial charge in [-0.15, -0.1) is 0 Å². The molecule has 1 saturated heterocycles. The van der Waals surface area contributed by atoms with Gasteiger partial charge in [0.2, 0.25) is 0 Å². The first-order chi connectivity index (χ1) is 11.8. The Labute approximate surface area is 148 Å². The summed E-state index contributed by atoms with van der Waals surface area (Å²) in [5.74, 6) is 0. The smallest absolute Gasteiger partial charge is 0.410 e. The molecule has 7 nitrogen and oxygen atoms in total. The van der Waals surface area contributed by atoms with Crippen molar-refractivity contribution in [2.75, 3.05) is 19.6 Å². The predicted octanol–water partition coefficient (Wildman–Crippen LogP) is 2.54. The van der Waals surface area contributed by atoms with Gasteiger partial charge in [0, 0.05) is 56.9 Å². The zero-order chi connectivity index (χ0) is 18.0. The average molecular weight is 345 g/mol. The van der Waals surface area contributed by atoms with Gasteiger partial charge >= 0.3 is 6.09 Å². The van der Waals surface area contributed by atoms with Crippen LogP contribution in [-0.2, 0) is 18.3 Å². The lowest BCUT2D eigenvalue weighted by Crippen LogP contribution is -2.51. The lowest BCUT2D eigenvalue weighted by atomic mass is 10.1. The van der Waals surface area contributed by atoms with Crippen molar-refractivity contribution in [1.29, 1.82) is 0 Å². The molecule has 0 radical (unpaired) electrons. The molecule has 1 atom stereocenters. The summed E-state index contributed by atoms with van der Waals surface area (Å²) in [6.45, 7) is 8.54. The van der Waals surface area contributed by atoms with Gasteiger partial charge in [-0.25, -0.2) is 4.79 Å². The zero-order valence-corrected chi connectivity index (χ0v) is 15.4. The van der Waals surface area contributed by atoms with E-state index in [1.807, 2.05) is 52.5 Å². The van der Waals surface area contributed by atoms with Gasteiger partial charge in [0.25, 0.3) is 0 Å². The Morgan fingerprint density at radius 3 is 2.80 bits per heavy atom. The van der Waals surface area contributed by atoms with Crippen LogP contribution in [0.4, 0.5) is 4.79 Å². The molecule has 7 heteroatoms. The molecule has 2 aromatic heterocycles. The summed E-state index contributed by atoms with van der Waals surface area (Å²) in [5.41, 5.74) is 1.80. The van der Waals surface area contributed by atoms with Crippen LogP contribution in [0.25, 0.3) is 0 Å². The van der Waals surface area contributed by atoms with Crippen molar-refractivity contribution in [1.82, 2.24) is 24.6 Å². The Hall–Kier alpha value is -2.28. The van der Waals surface area contributed by atoms with Crippen LogP contribution in [0.5, 0.6) is 0 Å². The van der Waals surface area contributed by atoms with E-state index < -0.39 is 5.60 Å². The maximum absolute atomic E-state index is 12.5. The minimum Gasteiger partial charge on any atom is -0.444 e. The quantitative estimate of drug-likeness (QED) is 0.928. The summed E-state index contributed by atoms with van der Waals surface area (Å²) in [7, 11) is 1.91. The Kier molecular flexibility index (Phi) is 4.85. The standard InChI is InChI=1S/C18H27N5O2/c1-18(2,3)25-17(24)23-9-8-22(12-15-6-5-7-19-15)16(13-23)14-10-20-21(4)11-14/h5-7,10-11,16,19H,8-9,12-13H2,1-4H3/t16-/m1/s1. The van der Waals surface area contributed by atoms with Crippen molar-refractivity contribution in [2.45, 2.75) is 39.0 Å². The molecule has 0 aliphatic carbocycles. The van der Waals surface area contributed by atoms with Crippen LogP contribution in [0.1, 0.15) is 38.1 Å². The molecule has 1 amide bonds. The fourth-order valence-corrected chi connectivity index (χ4v) is 3.12. The number of rotatable bonds is 3. The van der Waals surface area contributed by atoms with E-state index in [0.717, 1.165) is 18.7 Å². The summed E-state index contributed by atoms with van der Waals surface area (Å²) in [6.07, 6.45) is 5.59. The minimum atomic E-state index is -0.484. The first kappa shape index (κ1) is 17.5. The van der Waals surface area contributed by atoms with Gasteiger partial charge in [-0.2, -0.15) is 5.10 Å². The number of aromatic nitrogens is 3. The van der Waals surface area contributed by atoms with Crippen molar-refractivity contribution < 1.29 is 9.53 Å². The molecule has 3 rings (SSSR count). The molecule has 136 valence electrons. The highest BCUT2D eigenvalue weighted by atomic mass is 16.6. The molecule has 3 heterocycles. The van der Waals surface area contributed by atoms with Crippen LogP contribution in [0, 0.1) is 0 Å². The van der Waals surface area contributed by atoms with E-state index in [2.05, 4.69) is 21.0 Å². The van der Waals surface area contributed by atoms with Crippen molar-refractivity contribution in [3.05, 3.63) is 42.0 Å². The van der Waals surface area contributed by atoms with Gasteiger partial charge in [-0.1, -0.05) is 0 Å². The van der Waals surface area contributed by atoms with Gasteiger partial charge < -0.3 is 14.6 Å². The normalized spacial score (nSPS) is 19.2. The van der Waals surface area contributed by atoms with Crippen LogP contribution in [0.2, 0.25) is 0 Å². The van der Waals surface area contributed by atoms with Crippen molar-refractivity contribution in [2.24, 2.45) is 7.05 Å². The van der Waals surface area contributed by atoms with Crippen molar-refractivity contribution in [3.8, 4) is 0 Å². The van der Waals surface area contributed by atoms with Gasteiger partial charge in [-0.3, -0.25) is 9.58 Å². The highest BCUT2D eigenvalue weighted by Gasteiger charge is 2.33. The molecular weight excluding hydrogens is 318 g/mol. The summed E-state index contributed by atoms with van der Waals surface area (Å²) < 4.78 is 7.35. The van der Waals surface area contributed by atoms with Gasteiger partial charge in [0.1, 0.15) is 5.60 Å². The third-order valence-electron chi connectivity index (χ3n) is 4.29. The van der Waals surface area contributed by atoms with E-state index in [1.54, 1.807) is 9.58 Å². The fraction of sp³-hybridized carbons (Fsp3) is 0.556. The summed E-state index contributed by atoms with van der Waals surface area (Å²) in [6, 6.07) is 4.18. The predicted molar refractivity (Wildman–Crippen MR) is 95.0 cm³/mol. The van der Waals surface area contributed by atoms with Gasteiger partial charge in [0.15, 0.2) is 0 Å². The number of nitrogens with one attached hydrogen (secondary N) is 1. The highest BCUT2D eigenvalue weighted by Crippen LogP contribution is 2.27. The van der Waals surface area contributed by atoms with Gasteiger partial charge in [-0.05, 0) is 32.9 Å². The van der Waals surface area contributed by atoms with E-state index in [4.69, 9.17) is 4.74 Å². The second-order valence-corrected chi connectivity index (χ2v) is 7.56. The summed E-state index contributed by atoms with van der Waals surface area (Å²) in [4.78, 5) is 19.9. The van der Waals surface area contributed by atoms with E-state index in [-0.39, 0.29) is 12.1 Å². The third kappa shape index (κ3) is 4.42. The zero-order valence-electron chi connectivity index (χ0n) is 15.4. The first-order valence-electron chi connectivity index (χ1n) is 8.64. The number of aryl methyl sites for hydroxylation is 1. The summed E-state index contributed by atoms with van der Waals surface area (Å²) >= 11 is 0. The Morgan fingerprint density at radius 1 is 1.40 bits per heavy atom. The van der Waals surface area contributed by atoms with E-state index in [0.29, 0.717) is 13.1 Å². The third-order valence-corrected chi connectivity index (χ3v) is 4.29. The van der Waals surface area contributed by atoms with Crippen LogP contribution < -0.4 is 0 Å². The number of H-pyrrole nitrogens is 1. The number of carbonyl (C=O) groups excluding carboxylic acids is 1. The molecule has 1 aliphatic heterocycles. The maximum atomic E-state index is 12.5. The number of aromatic amines is 1. The number of hydrogen-bond donors (Lipinski definition) is 1. The molecule has 1 fully saturated rings. The maximum Gasteiger partial charge on any atom is 0.410 e. The SMILES string of the molecule is Cn1cc([C@H]2CN(C(=O)OC(C)(C)C)CCN2Cc2ccc[nH]2)cn1. The molecule has 2 aromatic rings. The molecule has 0 spiro atoms. The monoisotopic (exact) mass is 345 g/mol. The lowest BCUT2D eigenvalue weighted by Gasteiger charge is -2.41. The van der Waals surface area contributed by atoms with Gasteiger partial charge in [0.05, 0.1) is 12.2 Å². The molecule has 1 aliphatic rings. The number of carbonyl (C=O) groups is 1. The van der Waals surface area contributed by atoms with Crippen molar-refractivity contribution >= 4 is 6.09 Å². The highest BCUT2D eigenvalue weighted by molar-refractivity contribution is 5.68. The number of piperazine rings is 1. The van der Waals surface area contributed by atoms with Crippen LogP contribution in [-0.4, -0.2) is 55.9 Å². The average Bonchev–Trinajstić information content (AvgIpc) is 3.17. The molecule has 0 unspecified atom stereocenters.